The second-order valence-electron chi connectivity index (χ2n) is 4.17. The normalized spacial score (nSPS) is 9.95. The molecule has 2 rings (SSSR count). The molecule has 0 fully saturated rings. The molecule has 1 heterocycles. The van der Waals surface area contributed by atoms with Gasteiger partial charge in [0, 0.05) is 5.69 Å². The van der Waals surface area contributed by atoms with Crippen molar-refractivity contribution in [2.75, 3.05) is 11.9 Å². The van der Waals surface area contributed by atoms with Gasteiger partial charge in [0.05, 0.1) is 19.4 Å². The molecular weight excluding hydrogens is 293 g/mol. The molecule has 0 unspecified atom stereocenters. The molecule has 0 bridgehead atoms. The van der Waals surface area contributed by atoms with Gasteiger partial charge in [-0.15, -0.1) is 0 Å². The molecule has 1 amide bonds. The van der Waals surface area contributed by atoms with Gasteiger partial charge in [-0.2, -0.15) is 0 Å². The fourth-order valence-corrected chi connectivity index (χ4v) is 1.72. The third kappa shape index (κ3) is 5.23. The van der Waals surface area contributed by atoms with E-state index in [1.807, 2.05) is 0 Å². The summed E-state index contributed by atoms with van der Waals surface area (Å²) in [6.45, 7) is 0.361. The molecule has 21 heavy (non-hydrogen) atoms. The summed E-state index contributed by atoms with van der Waals surface area (Å²) in [5.74, 6) is 0.141. The molecule has 0 saturated heterocycles. The Balaban J connectivity index is 1.68. The average Bonchev–Trinajstić information content (AvgIpc) is 2.99. The van der Waals surface area contributed by atoms with Gasteiger partial charge in [-0.25, -0.2) is 4.39 Å². The monoisotopic (exact) mass is 307 g/mol. The molecule has 1 aromatic carbocycles. The van der Waals surface area contributed by atoms with Gasteiger partial charge in [-0.1, -0.05) is 0 Å². The summed E-state index contributed by atoms with van der Waals surface area (Å²) in [6, 6.07) is 9.28. The van der Waals surface area contributed by atoms with Crippen LogP contribution in [0.15, 0.2) is 47.1 Å². The number of amides is 1. The zero-order chi connectivity index (χ0) is 15.1. The highest BCUT2D eigenvalue weighted by Crippen LogP contribution is 2.07. The molecule has 7 heteroatoms. The summed E-state index contributed by atoms with van der Waals surface area (Å²) in [7, 11) is 0. The molecule has 5 nitrogen and oxygen atoms in total. The Kier molecular flexibility index (Phi) is 5.28. The summed E-state index contributed by atoms with van der Waals surface area (Å²) in [4.78, 5) is 11.6. The van der Waals surface area contributed by atoms with E-state index in [-0.39, 0.29) is 23.4 Å². The maximum atomic E-state index is 12.7. The van der Waals surface area contributed by atoms with Crippen LogP contribution in [0.2, 0.25) is 0 Å². The van der Waals surface area contributed by atoms with Crippen LogP contribution in [0.1, 0.15) is 5.76 Å². The number of thiocarbonyl (C=S) groups is 1. The molecule has 0 aliphatic rings. The Morgan fingerprint density at radius 3 is 2.62 bits per heavy atom. The summed E-state index contributed by atoms with van der Waals surface area (Å²) >= 11 is 5.04. The van der Waals surface area contributed by atoms with Crippen molar-refractivity contribution >= 4 is 28.9 Å². The van der Waals surface area contributed by atoms with E-state index < -0.39 is 0 Å². The molecule has 0 aliphatic carbocycles. The minimum absolute atomic E-state index is 0.0355. The van der Waals surface area contributed by atoms with Crippen LogP contribution in [0.3, 0.4) is 0 Å². The summed E-state index contributed by atoms with van der Waals surface area (Å²) < 4.78 is 17.8. The van der Waals surface area contributed by atoms with E-state index in [0.717, 1.165) is 0 Å². The zero-order valence-electron chi connectivity index (χ0n) is 11.1. The molecule has 2 aromatic rings. The second kappa shape index (κ2) is 7.39. The quantitative estimate of drug-likeness (QED) is 0.738. The number of carbonyl (C=O) groups is 1. The van der Waals surface area contributed by atoms with E-state index in [0.29, 0.717) is 18.0 Å². The van der Waals surface area contributed by atoms with Crippen LogP contribution in [0.5, 0.6) is 0 Å². The smallest absolute Gasteiger partial charge is 0.239 e. The van der Waals surface area contributed by atoms with Crippen molar-refractivity contribution in [2.45, 2.75) is 6.54 Å². The third-order valence-electron chi connectivity index (χ3n) is 2.55. The zero-order valence-corrected chi connectivity index (χ0v) is 11.9. The molecule has 3 N–H and O–H groups in total. The average molecular weight is 307 g/mol. The highest BCUT2D eigenvalue weighted by molar-refractivity contribution is 7.80. The first-order chi connectivity index (χ1) is 10.1. The lowest BCUT2D eigenvalue weighted by atomic mass is 10.3. The standard InChI is InChI=1S/C14H14FN3O2S/c15-10-3-5-11(6-4-10)18-14(21)17-9-13(19)16-8-12-2-1-7-20-12/h1-7H,8-9H2,(H,16,19)(H2,17,18,21). The number of benzene rings is 1. The summed E-state index contributed by atoms with van der Waals surface area (Å²) in [5.41, 5.74) is 0.643. The van der Waals surface area contributed by atoms with E-state index >= 15 is 0 Å². The molecule has 110 valence electrons. The molecule has 0 aliphatic heterocycles. The predicted octanol–water partition coefficient (Wildman–Crippen LogP) is 2.02. The van der Waals surface area contributed by atoms with Crippen molar-refractivity contribution in [3.63, 3.8) is 0 Å². The van der Waals surface area contributed by atoms with Gasteiger partial charge >= 0.3 is 0 Å². The SMILES string of the molecule is O=C(CNC(=S)Nc1ccc(F)cc1)NCc1ccco1. The highest BCUT2D eigenvalue weighted by Gasteiger charge is 2.04. The lowest BCUT2D eigenvalue weighted by Gasteiger charge is -2.10. The van der Waals surface area contributed by atoms with Crippen molar-refractivity contribution in [2.24, 2.45) is 0 Å². The second-order valence-corrected chi connectivity index (χ2v) is 4.58. The topological polar surface area (TPSA) is 66.3 Å². The Morgan fingerprint density at radius 2 is 1.95 bits per heavy atom. The van der Waals surface area contributed by atoms with Crippen LogP contribution in [0, 0.1) is 5.82 Å². The number of halogens is 1. The van der Waals surface area contributed by atoms with E-state index in [1.54, 1.807) is 30.5 Å². The lowest BCUT2D eigenvalue weighted by Crippen LogP contribution is -2.38. The molecule has 0 radical (unpaired) electrons. The summed E-state index contributed by atoms with van der Waals surface area (Å²) in [5, 5.41) is 8.58. The van der Waals surface area contributed by atoms with Crippen molar-refractivity contribution in [1.82, 2.24) is 10.6 Å². The van der Waals surface area contributed by atoms with Gasteiger partial charge in [0.25, 0.3) is 0 Å². The van der Waals surface area contributed by atoms with Gasteiger partial charge in [0.2, 0.25) is 5.91 Å². The van der Waals surface area contributed by atoms with E-state index in [4.69, 9.17) is 16.6 Å². The highest BCUT2D eigenvalue weighted by atomic mass is 32.1. The molecule has 0 spiro atoms. The van der Waals surface area contributed by atoms with Crippen LogP contribution in [-0.2, 0) is 11.3 Å². The van der Waals surface area contributed by atoms with E-state index in [1.165, 1.54) is 12.1 Å². The number of furan rings is 1. The minimum atomic E-state index is -0.322. The van der Waals surface area contributed by atoms with Crippen molar-refractivity contribution in [1.29, 1.82) is 0 Å². The van der Waals surface area contributed by atoms with Gasteiger partial charge in [0.1, 0.15) is 11.6 Å². The van der Waals surface area contributed by atoms with Gasteiger partial charge in [-0.3, -0.25) is 4.79 Å². The molecule has 0 atom stereocenters. The Morgan fingerprint density at radius 1 is 1.19 bits per heavy atom. The van der Waals surface area contributed by atoms with Gasteiger partial charge < -0.3 is 20.4 Å². The van der Waals surface area contributed by atoms with Gasteiger partial charge in [0.15, 0.2) is 5.11 Å². The largest absolute Gasteiger partial charge is 0.467 e. The fourth-order valence-electron chi connectivity index (χ4n) is 1.53. The number of nitrogens with one attached hydrogen (secondary N) is 3. The molecule has 0 saturated carbocycles. The van der Waals surface area contributed by atoms with Gasteiger partial charge in [-0.05, 0) is 48.6 Å². The van der Waals surface area contributed by atoms with Crippen LogP contribution >= 0.6 is 12.2 Å². The minimum Gasteiger partial charge on any atom is -0.467 e. The number of hydrogen-bond acceptors (Lipinski definition) is 3. The Hall–Kier alpha value is -2.41. The number of carbonyl (C=O) groups excluding carboxylic acids is 1. The number of rotatable bonds is 5. The van der Waals surface area contributed by atoms with Crippen molar-refractivity contribution < 1.29 is 13.6 Å². The number of hydrogen-bond donors (Lipinski definition) is 3. The Bertz CT molecular complexity index is 599. The third-order valence-corrected chi connectivity index (χ3v) is 2.80. The van der Waals surface area contributed by atoms with Crippen LogP contribution in [0.4, 0.5) is 10.1 Å². The maximum absolute atomic E-state index is 12.7. The van der Waals surface area contributed by atoms with Crippen molar-refractivity contribution in [3.05, 3.63) is 54.2 Å². The van der Waals surface area contributed by atoms with Crippen LogP contribution < -0.4 is 16.0 Å². The lowest BCUT2D eigenvalue weighted by molar-refractivity contribution is -0.120. The Labute approximate surface area is 126 Å². The predicted molar refractivity (Wildman–Crippen MR) is 81.2 cm³/mol. The van der Waals surface area contributed by atoms with Crippen LogP contribution in [-0.4, -0.2) is 17.6 Å². The first-order valence-electron chi connectivity index (χ1n) is 6.23. The molecule has 1 aromatic heterocycles. The first kappa shape index (κ1) is 15.0. The first-order valence-corrected chi connectivity index (χ1v) is 6.64. The van der Waals surface area contributed by atoms with Crippen LogP contribution in [0.25, 0.3) is 0 Å². The number of anilines is 1. The maximum Gasteiger partial charge on any atom is 0.239 e. The fraction of sp³-hybridized carbons (Fsp3) is 0.143. The van der Waals surface area contributed by atoms with E-state index in [9.17, 15) is 9.18 Å². The van der Waals surface area contributed by atoms with E-state index in [2.05, 4.69) is 16.0 Å². The summed E-state index contributed by atoms with van der Waals surface area (Å²) in [6.07, 6.45) is 1.54. The molecular formula is C14H14FN3O2S. The van der Waals surface area contributed by atoms with Crippen molar-refractivity contribution in [3.8, 4) is 0 Å².